The molecule has 0 spiro atoms. The topological polar surface area (TPSA) is 84.5 Å². The maximum absolute atomic E-state index is 12.2. The molecule has 0 unspecified atom stereocenters. The smallest absolute Gasteiger partial charge is 0.340 e. The van der Waals surface area contributed by atoms with Crippen LogP contribution in [0.2, 0.25) is 0 Å². The fourth-order valence-corrected chi connectivity index (χ4v) is 2.51. The summed E-state index contributed by atoms with van der Waals surface area (Å²) < 4.78 is 4.97. The Morgan fingerprint density at radius 3 is 2.15 bits per heavy atom. The van der Waals surface area contributed by atoms with Crippen molar-refractivity contribution in [2.45, 2.75) is 27.2 Å². The molecule has 0 aliphatic rings. The number of carbonyl (C=O) groups excluding carboxylic acids is 3. The second kappa shape index (κ2) is 8.80. The SMILES string of the molecule is CCOC(=O)c1ccccc1NC(=O)CC(=O)Nc1c(C)cccc1C. The Kier molecular flexibility index (Phi) is 6.49. The number of nitrogens with one attached hydrogen (secondary N) is 2. The molecule has 2 N–H and O–H groups in total. The Morgan fingerprint density at radius 2 is 1.50 bits per heavy atom. The summed E-state index contributed by atoms with van der Waals surface area (Å²) in [4.78, 5) is 36.3. The Hall–Kier alpha value is -3.15. The van der Waals surface area contributed by atoms with E-state index < -0.39 is 17.8 Å². The first kappa shape index (κ1) is 19.2. The van der Waals surface area contributed by atoms with E-state index in [4.69, 9.17) is 4.74 Å². The highest BCUT2D eigenvalue weighted by Gasteiger charge is 2.16. The van der Waals surface area contributed by atoms with Crippen LogP contribution >= 0.6 is 0 Å². The van der Waals surface area contributed by atoms with Crippen LogP contribution in [-0.4, -0.2) is 24.4 Å². The number of esters is 1. The van der Waals surface area contributed by atoms with Crippen molar-refractivity contribution in [1.29, 1.82) is 0 Å². The second-order valence-electron chi connectivity index (χ2n) is 5.81. The van der Waals surface area contributed by atoms with Gasteiger partial charge in [0.2, 0.25) is 11.8 Å². The fraction of sp³-hybridized carbons (Fsp3) is 0.250. The average Bonchev–Trinajstić information content (AvgIpc) is 2.59. The molecule has 0 saturated heterocycles. The summed E-state index contributed by atoms with van der Waals surface area (Å²) in [6.07, 6.45) is -0.356. The molecule has 2 rings (SSSR count). The third-order valence-corrected chi connectivity index (χ3v) is 3.76. The molecule has 0 radical (unpaired) electrons. The van der Waals surface area contributed by atoms with E-state index in [1.807, 2.05) is 32.0 Å². The monoisotopic (exact) mass is 354 g/mol. The highest BCUT2D eigenvalue weighted by molar-refractivity contribution is 6.10. The molecular formula is C20H22N2O4. The summed E-state index contributed by atoms with van der Waals surface area (Å²) in [5.74, 6) is -1.46. The van der Waals surface area contributed by atoms with Gasteiger partial charge in [-0.1, -0.05) is 30.3 Å². The van der Waals surface area contributed by atoms with E-state index in [0.29, 0.717) is 11.4 Å². The van der Waals surface area contributed by atoms with Gasteiger partial charge < -0.3 is 15.4 Å². The fourth-order valence-electron chi connectivity index (χ4n) is 2.51. The van der Waals surface area contributed by atoms with Crippen molar-refractivity contribution in [3.63, 3.8) is 0 Å². The Labute approximate surface area is 152 Å². The predicted octanol–water partition coefficient (Wildman–Crippen LogP) is 3.45. The highest BCUT2D eigenvalue weighted by Crippen LogP contribution is 2.20. The molecule has 136 valence electrons. The number of amides is 2. The van der Waals surface area contributed by atoms with Gasteiger partial charge in [-0.25, -0.2) is 4.79 Å². The van der Waals surface area contributed by atoms with Crippen LogP contribution in [0.4, 0.5) is 11.4 Å². The lowest BCUT2D eigenvalue weighted by Gasteiger charge is -2.12. The molecule has 0 aliphatic heterocycles. The summed E-state index contributed by atoms with van der Waals surface area (Å²) in [7, 11) is 0. The van der Waals surface area contributed by atoms with E-state index >= 15 is 0 Å². The minimum Gasteiger partial charge on any atom is -0.462 e. The lowest BCUT2D eigenvalue weighted by Crippen LogP contribution is -2.23. The molecule has 0 aromatic heterocycles. The third kappa shape index (κ3) is 4.92. The molecule has 0 atom stereocenters. The molecule has 26 heavy (non-hydrogen) atoms. The van der Waals surface area contributed by atoms with Crippen molar-refractivity contribution in [3.05, 3.63) is 59.2 Å². The number of hydrogen-bond donors (Lipinski definition) is 2. The Bertz CT molecular complexity index is 810. The van der Waals surface area contributed by atoms with Crippen LogP contribution in [0.5, 0.6) is 0 Å². The minimum absolute atomic E-state index is 0.235. The molecule has 0 saturated carbocycles. The number of carbonyl (C=O) groups is 3. The largest absolute Gasteiger partial charge is 0.462 e. The molecule has 0 fully saturated rings. The Balaban J connectivity index is 2.03. The van der Waals surface area contributed by atoms with E-state index in [1.54, 1.807) is 31.2 Å². The number of para-hydroxylation sites is 2. The third-order valence-electron chi connectivity index (χ3n) is 3.76. The van der Waals surface area contributed by atoms with Crippen LogP contribution in [0.3, 0.4) is 0 Å². The average molecular weight is 354 g/mol. The molecule has 2 amide bonds. The van der Waals surface area contributed by atoms with Crippen molar-refractivity contribution in [2.75, 3.05) is 17.2 Å². The normalized spacial score (nSPS) is 10.1. The highest BCUT2D eigenvalue weighted by atomic mass is 16.5. The number of rotatable bonds is 6. The van der Waals surface area contributed by atoms with Gasteiger partial charge in [0.25, 0.3) is 0 Å². The van der Waals surface area contributed by atoms with Crippen LogP contribution in [-0.2, 0) is 14.3 Å². The molecule has 0 heterocycles. The van der Waals surface area contributed by atoms with Crippen LogP contribution < -0.4 is 10.6 Å². The quantitative estimate of drug-likeness (QED) is 0.615. The number of anilines is 2. The van der Waals surface area contributed by atoms with E-state index in [0.717, 1.165) is 11.1 Å². The predicted molar refractivity (Wildman–Crippen MR) is 100 cm³/mol. The first-order chi connectivity index (χ1) is 12.4. The zero-order valence-electron chi connectivity index (χ0n) is 15.1. The van der Waals surface area contributed by atoms with Gasteiger partial charge in [0.15, 0.2) is 0 Å². The molecule has 2 aromatic rings. The summed E-state index contributed by atoms with van der Waals surface area (Å²) in [6.45, 7) is 5.72. The van der Waals surface area contributed by atoms with E-state index in [9.17, 15) is 14.4 Å². The van der Waals surface area contributed by atoms with Gasteiger partial charge >= 0.3 is 5.97 Å². The Morgan fingerprint density at radius 1 is 0.885 bits per heavy atom. The van der Waals surface area contributed by atoms with Gasteiger partial charge in [0.05, 0.1) is 17.9 Å². The van der Waals surface area contributed by atoms with Crippen LogP contribution in [0.25, 0.3) is 0 Å². The van der Waals surface area contributed by atoms with Gasteiger partial charge in [-0.2, -0.15) is 0 Å². The zero-order valence-corrected chi connectivity index (χ0v) is 15.1. The molecule has 0 bridgehead atoms. The van der Waals surface area contributed by atoms with Crippen LogP contribution in [0.15, 0.2) is 42.5 Å². The van der Waals surface area contributed by atoms with E-state index in [2.05, 4.69) is 10.6 Å². The molecule has 6 heteroatoms. The summed E-state index contributed by atoms with van der Waals surface area (Å²) >= 11 is 0. The van der Waals surface area contributed by atoms with Gasteiger partial charge in [0, 0.05) is 5.69 Å². The first-order valence-electron chi connectivity index (χ1n) is 8.34. The molecular weight excluding hydrogens is 332 g/mol. The van der Waals surface area contributed by atoms with E-state index in [1.165, 1.54) is 0 Å². The minimum atomic E-state index is -0.525. The van der Waals surface area contributed by atoms with Crippen molar-refractivity contribution in [3.8, 4) is 0 Å². The molecule has 2 aromatic carbocycles. The van der Waals surface area contributed by atoms with Crippen molar-refractivity contribution < 1.29 is 19.1 Å². The number of benzene rings is 2. The van der Waals surface area contributed by atoms with Crippen molar-refractivity contribution >= 4 is 29.2 Å². The molecule has 6 nitrogen and oxygen atoms in total. The van der Waals surface area contributed by atoms with Crippen molar-refractivity contribution in [1.82, 2.24) is 0 Å². The van der Waals surface area contributed by atoms with Gasteiger partial charge in [-0.3, -0.25) is 9.59 Å². The van der Waals surface area contributed by atoms with Gasteiger partial charge in [-0.05, 0) is 44.0 Å². The van der Waals surface area contributed by atoms with Gasteiger partial charge in [0.1, 0.15) is 6.42 Å². The number of ether oxygens (including phenoxy) is 1. The van der Waals surface area contributed by atoms with Crippen molar-refractivity contribution in [2.24, 2.45) is 0 Å². The van der Waals surface area contributed by atoms with E-state index in [-0.39, 0.29) is 18.6 Å². The lowest BCUT2D eigenvalue weighted by molar-refractivity contribution is -0.123. The maximum atomic E-state index is 12.2. The van der Waals surface area contributed by atoms with Crippen LogP contribution in [0, 0.1) is 13.8 Å². The van der Waals surface area contributed by atoms with Gasteiger partial charge in [-0.15, -0.1) is 0 Å². The molecule has 0 aliphatic carbocycles. The standard InChI is InChI=1S/C20H22N2O4/c1-4-26-20(25)15-10-5-6-11-16(15)21-17(23)12-18(24)22-19-13(2)8-7-9-14(19)3/h5-11H,4,12H2,1-3H3,(H,21,23)(H,22,24). The maximum Gasteiger partial charge on any atom is 0.340 e. The summed E-state index contributed by atoms with van der Waals surface area (Å²) in [6, 6.07) is 12.2. The second-order valence-corrected chi connectivity index (χ2v) is 5.81. The van der Waals surface area contributed by atoms with Crippen LogP contribution in [0.1, 0.15) is 34.8 Å². The number of hydrogen-bond acceptors (Lipinski definition) is 4. The summed E-state index contributed by atoms with van der Waals surface area (Å²) in [5.41, 5.74) is 3.11. The first-order valence-corrected chi connectivity index (χ1v) is 8.34. The lowest BCUT2D eigenvalue weighted by atomic mass is 10.1. The number of aryl methyl sites for hydroxylation is 2. The summed E-state index contributed by atoms with van der Waals surface area (Å²) in [5, 5.41) is 5.36. The zero-order chi connectivity index (χ0) is 19.1.